The minimum atomic E-state index is 0.692. The Morgan fingerprint density at radius 3 is 2.94 bits per heavy atom. The highest BCUT2D eigenvalue weighted by Gasteiger charge is 2.22. The lowest BCUT2D eigenvalue weighted by molar-refractivity contribution is 0.118. The molecule has 6 nitrogen and oxygen atoms in total. The highest BCUT2D eigenvalue weighted by atomic mass is 16.5. The van der Waals surface area contributed by atoms with Crippen LogP contribution in [0.3, 0.4) is 0 Å². The van der Waals surface area contributed by atoms with E-state index in [1.165, 1.54) is 25.7 Å². The van der Waals surface area contributed by atoms with Crippen molar-refractivity contribution in [1.82, 2.24) is 25.5 Å². The Morgan fingerprint density at radius 1 is 1.28 bits per heavy atom. The Kier molecular flexibility index (Phi) is 3.85. The fourth-order valence-electron chi connectivity index (χ4n) is 1.90. The molecule has 3 rings (SSSR count). The number of nitrogens with one attached hydrogen (secondary N) is 1. The first-order valence-corrected chi connectivity index (χ1v) is 6.98. The standard InChI is InChI=1S/C12H21N5O/c1(7-18-9-10-2-3-10)6-17-12(14-15-16-17)8-13-11-4-5-11/h10-11,13H,1-9H2. The van der Waals surface area contributed by atoms with Crippen LogP contribution < -0.4 is 5.32 Å². The number of nitrogens with zero attached hydrogens (tertiary/aromatic N) is 4. The van der Waals surface area contributed by atoms with Crippen LogP contribution in [0.5, 0.6) is 0 Å². The summed E-state index contributed by atoms with van der Waals surface area (Å²) in [4.78, 5) is 0. The number of ether oxygens (including phenoxy) is 1. The molecule has 0 aromatic carbocycles. The fourth-order valence-corrected chi connectivity index (χ4v) is 1.90. The molecule has 100 valence electrons. The largest absolute Gasteiger partial charge is 0.381 e. The molecular formula is C12H21N5O. The summed E-state index contributed by atoms with van der Waals surface area (Å²) in [7, 11) is 0. The summed E-state index contributed by atoms with van der Waals surface area (Å²) in [6, 6.07) is 0.692. The van der Waals surface area contributed by atoms with Gasteiger partial charge in [0.05, 0.1) is 6.54 Å². The van der Waals surface area contributed by atoms with Crippen LogP contribution in [0.15, 0.2) is 0 Å². The van der Waals surface area contributed by atoms with E-state index < -0.39 is 0 Å². The van der Waals surface area contributed by atoms with E-state index in [1.807, 2.05) is 4.68 Å². The molecule has 1 heterocycles. The summed E-state index contributed by atoms with van der Waals surface area (Å²) in [6.07, 6.45) is 6.26. The van der Waals surface area contributed by atoms with Gasteiger partial charge in [-0.15, -0.1) is 5.10 Å². The lowest BCUT2D eigenvalue weighted by atomic mass is 10.4. The number of rotatable bonds is 9. The van der Waals surface area contributed by atoms with Crippen molar-refractivity contribution in [3.05, 3.63) is 5.82 Å². The summed E-state index contributed by atoms with van der Waals surface area (Å²) < 4.78 is 7.49. The number of hydrogen-bond acceptors (Lipinski definition) is 5. The van der Waals surface area contributed by atoms with E-state index in [4.69, 9.17) is 4.74 Å². The van der Waals surface area contributed by atoms with E-state index in [0.717, 1.165) is 44.5 Å². The van der Waals surface area contributed by atoms with Crippen molar-refractivity contribution in [1.29, 1.82) is 0 Å². The van der Waals surface area contributed by atoms with Crippen LogP contribution in [0, 0.1) is 5.92 Å². The second kappa shape index (κ2) is 5.75. The molecular weight excluding hydrogens is 230 g/mol. The average molecular weight is 251 g/mol. The number of tetrazole rings is 1. The number of aromatic nitrogens is 4. The summed E-state index contributed by atoms with van der Waals surface area (Å²) in [5, 5.41) is 15.2. The van der Waals surface area contributed by atoms with Gasteiger partial charge >= 0.3 is 0 Å². The smallest absolute Gasteiger partial charge is 0.165 e. The van der Waals surface area contributed by atoms with E-state index in [9.17, 15) is 0 Å². The Bertz CT molecular complexity index is 372. The van der Waals surface area contributed by atoms with E-state index in [0.29, 0.717) is 6.04 Å². The SMILES string of the molecule is C(COCC1CC1)Cn1nnnc1CNC1CC1. The van der Waals surface area contributed by atoms with Crippen molar-refractivity contribution in [2.45, 2.75) is 51.2 Å². The van der Waals surface area contributed by atoms with Gasteiger partial charge in [0.15, 0.2) is 5.82 Å². The van der Waals surface area contributed by atoms with Crippen molar-refractivity contribution in [3.8, 4) is 0 Å². The lowest BCUT2D eigenvalue weighted by Gasteiger charge is -2.06. The van der Waals surface area contributed by atoms with Crippen molar-refractivity contribution < 1.29 is 4.74 Å². The molecule has 1 aromatic rings. The van der Waals surface area contributed by atoms with Crippen molar-refractivity contribution >= 4 is 0 Å². The van der Waals surface area contributed by atoms with Gasteiger partial charge in [-0.1, -0.05) is 0 Å². The van der Waals surface area contributed by atoms with Gasteiger partial charge < -0.3 is 10.1 Å². The molecule has 6 heteroatoms. The molecule has 2 aliphatic carbocycles. The van der Waals surface area contributed by atoms with E-state index >= 15 is 0 Å². The lowest BCUT2D eigenvalue weighted by Crippen LogP contribution is -2.19. The quantitative estimate of drug-likeness (QED) is 0.656. The van der Waals surface area contributed by atoms with Crippen LogP contribution in [0.4, 0.5) is 0 Å². The third-order valence-electron chi connectivity index (χ3n) is 3.44. The van der Waals surface area contributed by atoms with E-state index in [2.05, 4.69) is 20.8 Å². The molecule has 0 atom stereocenters. The first-order chi connectivity index (χ1) is 8.92. The van der Waals surface area contributed by atoms with Gasteiger partial charge in [-0.2, -0.15) is 0 Å². The van der Waals surface area contributed by atoms with Gasteiger partial charge in [-0.05, 0) is 48.4 Å². The summed E-state index contributed by atoms with van der Waals surface area (Å²) in [5.74, 6) is 1.78. The Morgan fingerprint density at radius 2 is 2.17 bits per heavy atom. The maximum Gasteiger partial charge on any atom is 0.165 e. The predicted molar refractivity (Wildman–Crippen MR) is 65.8 cm³/mol. The van der Waals surface area contributed by atoms with Crippen LogP contribution in [0.2, 0.25) is 0 Å². The van der Waals surface area contributed by atoms with Crippen LogP contribution in [0.25, 0.3) is 0 Å². The third-order valence-corrected chi connectivity index (χ3v) is 3.44. The van der Waals surface area contributed by atoms with E-state index in [-0.39, 0.29) is 0 Å². The number of hydrogen-bond donors (Lipinski definition) is 1. The van der Waals surface area contributed by atoms with Gasteiger partial charge in [0.2, 0.25) is 0 Å². The minimum Gasteiger partial charge on any atom is -0.381 e. The Hall–Kier alpha value is -1.01. The molecule has 2 saturated carbocycles. The van der Waals surface area contributed by atoms with Crippen LogP contribution >= 0.6 is 0 Å². The zero-order chi connectivity index (χ0) is 12.2. The first-order valence-electron chi connectivity index (χ1n) is 6.98. The molecule has 0 unspecified atom stereocenters. The van der Waals surface area contributed by atoms with Gasteiger partial charge in [0.1, 0.15) is 0 Å². The zero-order valence-electron chi connectivity index (χ0n) is 10.7. The molecule has 1 N–H and O–H groups in total. The monoisotopic (exact) mass is 251 g/mol. The average Bonchev–Trinajstić information content (AvgIpc) is 3.28. The maximum absolute atomic E-state index is 5.61. The summed E-state index contributed by atoms with van der Waals surface area (Å²) >= 11 is 0. The fraction of sp³-hybridized carbons (Fsp3) is 0.917. The van der Waals surface area contributed by atoms with Crippen LogP contribution in [-0.4, -0.2) is 39.5 Å². The Labute approximate surface area is 107 Å². The topological polar surface area (TPSA) is 64.9 Å². The molecule has 0 saturated heterocycles. The highest BCUT2D eigenvalue weighted by Crippen LogP contribution is 2.28. The summed E-state index contributed by atoms with van der Waals surface area (Å²) in [5.41, 5.74) is 0. The van der Waals surface area contributed by atoms with Gasteiger partial charge in [0, 0.05) is 25.8 Å². The molecule has 1 aromatic heterocycles. The molecule has 0 bridgehead atoms. The molecule has 2 aliphatic rings. The highest BCUT2D eigenvalue weighted by molar-refractivity contribution is 4.86. The zero-order valence-corrected chi connectivity index (χ0v) is 10.7. The molecule has 0 spiro atoms. The van der Waals surface area contributed by atoms with Gasteiger partial charge in [-0.3, -0.25) is 0 Å². The maximum atomic E-state index is 5.61. The molecule has 0 aliphatic heterocycles. The normalized spacial score (nSPS) is 19.3. The molecule has 2 fully saturated rings. The second-order valence-corrected chi connectivity index (χ2v) is 5.35. The second-order valence-electron chi connectivity index (χ2n) is 5.35. The van der Waals surface area contributed by atoms with Crippen molar-refractivity contribution in [2.75, 3.05) is 13.2 Å². The first kappa shape index (κ1) is 12.0. The summed E-state index contributed by atoms with van der Waals surface area (Å²) in [6.45, 7) is 3.37. The minimum absolute atomic E-state index is 0.692. The van der Waals surface area contributed by atoms with Crippen molar-refractivity contribution in [3.63, 3.8) is 0 Å². The van der Waals surface area contributed by atoms with E-state index in [1.54, 1.807) is 0 Å². The Balaban J connectivity index is 1.33. The van der Waals surface area contributed by atoms with Gasteiger partial charge in [0.25, 0.3) is 0 Å². The van der Waals surface area contributed by atoms with Crippen LogP contribution in [-0.2, 0) is 17.8 Å². The number of aryl methyl sites for hydroxylation is 1. The van der Waals surface area contributed by atoms with Crippen LogP contribution in [0.1, 0.15) is 37.9 Å². The predicted octanol–water partition coefficient (Wildman–Crippen LogP) is 0.742. The molecule has 0 amide bonds. The van der Waals surface area contributed by atoms with Crippen molar-refractivity contribution in [2.24, 2.45) is 5.92 Å². The molecule has 18 heavy (non-hydrogen) atoms. The third kappa shape index (κ3) is 3.74. The molecule has 0 radical (unpaired) electrons. The van der Waals surface area contributed by atoms with Gasteiger partial charge in [-0.25, -0.2) is 4.68 Å².